The predicted molar refractivity (Wildman–Crippen MR) is 76.9 cm³/mol. The topological polar surface area (TPSA) is 26.0 Å². The van der Waals surface area contributed by atoms with Gasteiger partial charge in [-0.05, 0) is 52.7 Å². The molecule has 0 saturated heterocycles. The molecule has 0 bridgehead atoms. The van der Waals surface area contributed by atoms with Crippen LogP contribution in [0.1, 0.15) is 21.4 Å². The average Bonchev–Trinajstić information content (AvgIpc) is 2.55. The summed E-state index contributed by atoms with van der Waals surface area (Å²) in [6.07, 6.45) is 0. The second-order valence-corrected chi connectivity index (χ2v) is 6.81. The largest absolute Gasteiger partial charge is 0.320 e. The fraction of sp³-hybridized carbons (Fsp3) is 0.167. The van der Waals surface area contributed by atoms with Crippen LogP contribution in [0.2, 0.25) is 0 Å². The summed E-state index contributed by atoms with van der Waals surface area (Å²) >= 11 is 8.37. The Labute approximate surface area is 120 Å². The summed E-state index contributed by atoms with van der Waals surface area (Å²) in [6, 6.07) is 6.45. The number of halogens is 3. The molecule has 0 spiro atoms. The zero-order valence-corrected chi connectivity index (χ0v) is 13.0. The third-order valence-corrected chi connectivity index (χ3v) is 4.87. The van der Waals surface area contributed by atoms with Gasteiger partial charge >= 0.3 is 0 Å². The number of rotatable bonds is 2. The van der Waals surface area contributed by atoms with Crippen molar-refractivity contribution in [2.45, 2.75) is 13.0 Å². The van der Waals surface area contributed by atoms with E-state index >= 15 is 0 Å². The third kappa shape index (κ3) is 2.96. The average molecular weight is 379 g/mol. The molecule has 1 atom stereocenters. The van der Waals surface area contributed by atoms with Gasteiger partial charge in [0.15, 0.2) is 0 Å². The zero-order chi connectivity index (χ0) is 12.6. The lowest BCUT2D eigenvalue weighted by molar-refractivity contribution is 0.623. The number of hydrogen-bond donors (Lipinski definition) is 1. The summed E-state index contributed by atoms with van der Waals surface area (Å²) in [5, 5.41) is 0. The van der Waals surface area contributed by atoms with Crippen LogP contribution in [-0.4, -0.2) is 0 Å². The molecular weight excluding hydrogens is 369 g/mol. The van der Waals surface area contributed by atoms with Gasteiger partial charge in [-0.2, -0.15) is 0 Å². The van der Waals surface area contributed by atoms with Crippen molar-refractivity contribution in [1.29, 1.82) is 0 Å². The summed E-state index contributed by atoms with van der Waals surface area (Å²) in [6.45, 7) is 2.02. The second kappa shape index (κ2) is 5.18. The molecule has 2 aromatic rings. The Morgan fingerprint density at radius 3 is 2.47 bits per heavy atom. The monoisotopic (exact) mass is 377 g/mol. The van der Waals surface area contributed by atoms with E-state index in [4.69, 9.17) is 5.73 Å². The lowest BCUT2D eigenvalue weighted by Crippen LogP contribution is -2.11. The van der Waals surface area contributed by atoms with Crippen molar-refractivity contribution < 1.29 is 4.39 Å². The molecule has 17 heavy (non-hydrogen) atoms. The molecule has 1 unspecified atom stereocenters. The van der Waals surface area contributed by atoms with Gasteiger partial charge in [0.25, 0.3) is 0 Å². The van der Waals surface area contributed by atoms with E-state index in [1.807, 2.05) is 19.1 Å². The minimum Gasteiger partial charge on any atom is -0.320 e. The van der Waals surface area contributed by atoms with Crippen molar-refractivity contribution in [2.75, 3.05) is 0 Å². The number of benzene rings is 1. The van der Waals surface area contributed by atoms with E-state index in [-0.39, 0.29) is 11.9 Å². The summed E-state index contributed by atoms with van der Waals surface area (Å²) in [4.78, 5) is 2.19. The fourth-order valence-electron chi connectivity index (χ4n) is 1.62. The predicted octanol–water partition coefficient (Wildman–Crippen LogP) is 4.77. The van der Waals surface area contributed by atoms with Crippen LogP contribution in [0.5, 0.6) is 0 Å². The standard InChI is InChI=1S/C12H10Br2FNS/c1-6-2-10(14)12(17-6)11(16)7-3-8(13)5-9(15)4-7/h2-5,11H,16H2,1H3. The highest BCUT2D eigenvalue weighted by atomic mass is 79.9. The first kappa shape index (κ1) is 13.2. The molecule has 0 aliphatic heterocycles. The summed E-state index contributed by atoms with van der Waals surface area (Å²) in [5.41, 5.74) is 6.92. The van der Waals surface area contributed by atoms with Gasteiger partial charge in [0, 0.05) is 18.7 Å². The lowest BCUT2D eigenvalue weighted by Gasteiger charge is -2.11. The van der Waals surface area contributed by atoms with Crippen LogP contribution in [0.15, 0.2) is 33.2 Å². The van der Waals surface area contributed by atoms with E-state index in [0.717, 1.165) is 14.9 Å². The van der Waals surface area contributed by atoms with Gasteiger partial charge in [0.1, 0.15) is 5.82 Å². The van der Waals surface area contributed by atoms with Gasteiger partial charge in [0.05, 0.1) is 6.04 Å². The number of thiophene rings is 1. The molecule has 0 fully saturated rings. The molecule has 0 amide bonds. The molecule has 0 aliphatic rings. The highest BCUT2D eigenvalue weighted by molar-refractivity contribution is 9.10. The van der Waals surface area contributed by atoms with Gasteiger partial charge < -0.3 is 5.73 Å². The second-order valence-electron chi connectivity index (χ2n) is 3.75. The number of hydrogen-bond acceptors (Lipinski definition) is 2. The zero-order valence-electron chi connectivity index (χ0n) is 9.01. The van der Waals surface area contributed by atoms with E-state index in [9.17, 15) is 4.39 Å². The first-order chi connectivity index (χ1) is 7.97. The van der Waals surface area contributed by atoms with E-state index in [2.05, 4.69) is 31.9 Å². The molecule has 1 aromatic heterocycles. The van der Waals surface area contributed by atoms with Crippen molar-refractivity contribution in [3.05, 3.63) is 54.3 Å². The van der Waals surface area contributed by atoms with Gasteiger partial charge in [-0.25, -0.2) is 4.39 Å². The van der Waals surface area contributed by atoms with Crippen LogP contribution < -0.4 is 5.73 Å². The maximum Gasteiger partial charge on any atom is 0.124 e. The Kier molecular flexibility index (Phi) is 4.02. The summed E-state index contributed by atoms with van der Waals surface area (Å²) in [7, 11) is 0. The van der Waals surface area contributed by atoms with E-state index < -0.39 is 0 Å². The van der Waals surface area contributed by atoms with Crippen LogP contribution in [0.3, 0.4) is 0 Å². The molecule has 1 heterocycles. The normalized spacial score (nSPS) is 12.8. The Morgan fingerprint density at radius 2 is 1.94 bits per heavy atom. The molecule has 1 nitrogen and oxygen atoms in total. The third-order valence-electron chi connectivity index (χ3n) is 2.36. The maximum absolute atomic E-state index is 13.3. The Balaban J connectivity index is 2.43. The maximum atomic E-state index is 13.3. The van der Waals surface area contributed by atoms with Crippen LogP contribution in [0.4, 0.5) is 4.39 Å². The molecule has 0 aliphatic carbocycles. The Hall–Kier alpha value is -0.230. The van der Waals surface area contributed by atoms with Crippen LogP contribution in [-0.2, 0) is 0 Å². The minimum atomic E-state index is -0.310. The SMILES string of the molecule is Cc1cc(Br)c(C(N)c2cc(F)cc(Br)c2)s1. The van der Waals surface area contributed by atoms with Gasteiger partial charge in [0.2, 0.25) is 0 Å². The van der Waals surface area contributed by atoms with Crippen molar-refractivity contribution in [3.63, 3.8) is 0 Å². The van der Waals surface area contributed by atoms with E-state index in [1.165, 1.54) is 17.0 Å². The Bertz CT molecular complexity index is 533. The summed E-state index contributed by atoms with van der Waals surface area (Å²) < 4.78 is 15.0. The van der Waals surface area contributed by atoms with Crippen molar-refractivity contribution in [3.8, 4) is 0 Å². The van der Waals surface area contributed by atoms with Crippen LogP contribution in [0, 0.1) is 12.7 Å². The minimum absolute atomic E-state index is 0.283. The molecule has 1 aromatic carbocycles. The highest BCUT2D eigenvalue weighted by Gasteiger charge is 2.16. The smallest absolute Gasteiger partial charge is 0.124 e. The molecule has 0 radical (unpaired) electrons. The molecule has 5 heteroatoms. The van der Waals surface area contributed by atoms with Gasteiger partial charge in [-0.3, -0.25) is 0 Å². The molecule has 0 saturated carbocycles. The fourth-order valence-corrected chi connectivity index (χ4v) is 4.03. The van der Waals surface area contributed by atoms with Gasteiger partial charge in [-0.15, -0.1) is 11.3 Å². The summed E-state index contributed by atoms with van der Waals surface area (Å²) in [5.74, 6) is -0.283. The molecule has 90 valence electrons. The van der Waals surface area contributed by atoms with Crippen molar-refractivity contribution in [1.82, 2.24) is 0 Å². The van der Waals surface area contributed by atoms with Crippen LogP contribution >= 0.6 is 43.2 Å². The van der Waals surface area contributed by atoms with Crippen LogP contribution in [0.25, 0.3) is 0 Å². The number of aryl methyl sites for hydroxylation is 1. The van der Waals surface area contributed by atoms with Gasteiger partial charge in [-0.1, -0.05) is 15.9 Å². The first-order valence-corrected chi connectivity index (χ1v) is 7.35. The first-order valence-electron chi connectivity index (χ1n) is 4.95. The van der Waals surface area contributed by atoms with E-state index in [0.29, 0.717) is 4.47 Å². The Morgan fingerprint density at radius 1 is 1.24 bits per heavy atom. The number of nitrogens with two attached hydrogens (primary N) is 1. The lowest BCUT2D eigenvalue weighted by atomic mass is 10.1. The van der Waals surface area contributed by atoms with Crippen molar-refractivity contribution >= 4 is 43.2 Å². The highest BCUT2D eigenvalue weighted by Crippen LogP contribution is 2.35. The molecule has 2 N–H and O–H groups in total. The quantitative estimate of drug-likeness (QED) is 0.800. The van der Waals surface area contributed by atoms with Crippen molar-refractivity contribution in [2.24, 2.45) is 5.73 Å². The van der Waals surface area contributed by atoms with E-state index in [1.54, 1.807) is 11.3 Å². The molecular formula is C12H10Br2FNS. The molecule has 2 rings (SSSR count).